The molecule has 2 aliphatic heterocycles. The molecule has 9 nitrogen and oxygen atoms in total. The molecule has 5 rings (SSSR count). The van der Waals surface area contributed by atoms with Gasteiger partial charge in [0.25, 0.3) is 0 Å². The first-order chi connectivity index (χ1) is 18.9. The molecule has 0 radical (unpaired) electrons. The summed E-state index contributed by atoms with van der Waals surface area (Å²) in [6.07, 6.45) is 5.60. The number of ether oxygens (including phenoxy) is 2. The Balaban J connectivity index is 1.50. The topological polar surface area (TPSA) is 106 Å². The van der Waals surface area contributed by atoms with E-state index in [1.165, 1.54) is 23.4 Å². The molecule has 0 spiro atoms. The second-order valence-corrected chi connectivity index (χ2v) is 10.5. The Morgan fingerprint density at radius 2 is 2.10 bits per heavy atom. The minimum Gasteiger partial charge on any atom is -0.489 e. The molecule has 2 fully saturated rings. The number of nitrogens with zero attached hydrogens (tertiary/aromatic N) is 3. The van der Waals surface area contributed by atoms with Crippen LogP contribution < -0.4 is 15.4 Å². The zero-order valence-corrected chi connectivity index (χ0v) is 23.2. The summed E-state index contributed by atoms with van der Waals surface area (Å²) in [6, 6.07) is 5.89. The first kappa shape index (κ1) is 27.3. The van der Waals surface area contributed by atoms with Crippen LogP contribution in [-0.2, 0) is 14.3 Å². The fraction of sp³-hybridized carbons (Fsp3) is 0.333. The fourth-order valence-electron chi connectivity index (χ4n) is 4.75. The Hall–Kier alpha value is -3.28. The standard InChI is InChI=1S/C27H26BrClFN5O4/c1-2-23(36)35-9-3-6-21(35)27(37)34-20-11-16-19(12-22(20)39-13-15-5-4-10-38-15)31-14-32-26(16)33-18-8-7-17(28)24(29)25(18)30/h2,7-8,11-12,14-15,21H,1,3-6,9-10,13H2,(H,34,37)(H,31,32,33)/t15?,21-/m0/s1. The van der Waals surface area contributed by atoms with E-state index in [9.17, 15) is 14.0 Å². The molecule has 39 heavy (non-hydrogen) atoms. The number of hydrogen-bond donors (Lipinski definition) is 2. The van der Waals surface area contributed by atoms with Gasteiger partial charge in [0, 0.05) is 29.1 Å². The highest BCUT2D eigenvalue weighted by atomic mass is 79.9. The van der Waals surface area contributed by atoms with Crippen molar-refractivity contribution in [1.29, 1.82) is 0 Å². The molecule has 0 saturated carbocycles. The molecule has 3 aromatic rings. The molecule has 2 aliphatic rings. The Kier molecular flexibility index (Phi) is 8.29. The monoisotopic (exact) mass is 617 g/mol. The van der Waals surface area contributed by atoms with E-state index < -0.39 is 11.9 Å². The molecule has 1 unspecified atom stereocenters. The molecule has 2 N–H and O–H groups in total. The number of halogens is 3. The highest BCUT2D eigenvalue weighted by Gasteiger charge is 2.33. The average Bonchev–Trinajstić information content (AvgIpc) is 3.65. The summed E-state index contributed by atoms with van der Waals surface area (Å²) in [5.41, 5.74) is 1.01. The van der Waals surface area contributed by atoms with Crippen LogP contribution in [0.5, 0.6) is 5.75 Å². The van der Waals surface area contributed by atoms with Crippen molar-refractivity contribution in [3.8, 4) is 5.75 Å². The summed E-state index contributed by atoms with van der Waals surface area (Å²) in [4.78, 5) is 35.8. The molecule has 2 atom stereocenters. The maximum absolute atomic E-state index is 14.8. The van der Waals surface area contributed by atoms with Crippen LogP contribution in [0.1, 0.15) is 25.7 Å². The lowest BCUT2D eigenvalue weighted by Crippen LogP contribution is -2.42. The van der Waals surface area contributed by atoms with Crippen molar-refractivity contribution < 1.29 is 23.5 Å². The predicted molar refractivity (Wildman–Crippen MR) is 150 cm³/mol. The first-order valence-electron chi connectivity index (χ1n) is 12.5. The smallest absolute Gasteiger partial charge is 0.247 e. The molecule has 2 aromatic carbocycles. The number of amides is 2. The maximum Gasteiger partial charge on any atom is 0.247 e. The summed E-state index contributed by atoms with van der Waals surface area (Å²) in [7, 11) is 0. The normalized spacial score (nSPS) is 18.8. The average molecular weight is 619 g/mol. The SMILES string of the molecule is C=CC(=O)N1CCC[C@H]1C(=O)Nc1cc2c(Nc3ccc(Br)c(Cl)c3F)ncnc2cc1OCC1CCCO1. The lowest BCUT2D eigenvalue weighted by molar-refractivity contribution is -0.132. The van der Waals surface area contributed by atoms with Crippen molar-refractivity contribution in [2.24, 2.45) is 0 Å². The van der Waals surface area contributed by atoms with E-state index in [1.807, 2.05) is 0 Å². The second kappa shape index (κ2) is 11.8. The van der Waals surface area contributed by atoms with E-state index in [4.69, 9.17) is 21.1 Å². The van der Waals surface area contributed by atoms with Gasteiger partial charge in [-0.15, -0.1) is 0 Å². The van der Waals surface area contributed by atoms with Gasteiger partial charge >= 0.3 is 0 Å². The quantitative estimate of drug-likeness (QED) is 0.250. The van der Waals surface area contributed by atoms with Crippen molar-refractivity contribution in [2.75, 3.05) is 30.4 Å². The fourth-order valence-corrected chi connectivity index (χ4v) is 5.22. The molecular weight excluding hydrogens is 593 g/mol. The minimum atomic E-state index is -0.643. The van der Waals surface area contributed by atoms with E-state index in [-0.39, 0.29) is 28.6 Å². The van der Waals surface area contributed by atoms with Gasteiger partial charge in [-0.25, -0.2) is 14.4 Å². The van der Waals surface area contributed by atoms with Gasteiger partial charge in [-0.3, -0.25) is 9.59 Å². The number of likely N-dealkylation sites (tertiary alicyclic amines) is 1. The van der Waals surface area contributed by atoms with Crippen LogP contribution in [0, 0.1) is 5.82 Å². The van der Waals surface area contributed by atoms with E-state index in [0.29, 0.717) is 65.2 Å². The molecule has 0 aliphatic carbocycles. The number of rotatable bonds is 8. The number of anilines is 3. The van der Waals surface area contributed by atoms with Crippen LogP contribution in [0.3, 0.4) is 0 Å². The Labute approximate surface area is 237 Å². The number of carbonyl (C=O) groups excluding carboxylic acids is 2. The predicted octanol–water partition coefficient (Wildman–Crippen LogP) is 5.60. The molecule has 1 aromatic heterocycles. The maximum atomic E-state index is 14.8. The molecule has 204 valence electrons. The van der Waals surface area contributed by atoms with Crippen LogP contribution in [0.15, 0.2) is 47.7 Å². The van der Waals surface area contributed by atoms with Crippen LogP contribution in [-0.4, -0.2) is 58.6 Å². The van der Waals surface area contributed by atoms with Gasteiger partial charge in [-0.2, -0.15) is 0 Å². The Morgan fingerprint density at radius 3 is 2.87 bits per heavy atom. The second-order valence-electron chi connectivity index (χ2n) is 9.26. The Bertz CT molecular complexity index is 1440. The van der Waals surface area contributed by atoms with Crippen molar-refractivity contribution in [3.05, 3.63) is 58.6 Å². The van der Waals surface area contributed by atoms with E-state index in [0.717, 1.165) is 12.8 Å². The summed E-state index contributed by atoms with van der Waals surface area (Å²) in [5.74, 6) is -0.579. The van der Waals surface area contributed by atoms with Gasteiger partial charge in [-0.05, 0) is 65.9 Å². The van der Waals surface area contributed by atoms with Crippen molar-refractivity contribution >= 4 is 67.4 Å². The zero-order chi connectivity index (χ0) is 27.5. The first-order valence-corrected chi connectivity index (χ1v) is 13.7. The van der Waals surface area contributed by atoms with E-state index >= 15 is 0 Å². The summed E-state index contributed by atoms with van der Waals surface area (Å²) < 4.78 is 27.0. The van der Waals surface area contributed by atoms with Gasteiger partial charge in [-0.1, -0.05) is 18.2 Å². The minimum absolute atomic E-state index is 0.0486. The third-order valence-electron chi connectivity index (χ3n) is 6.74. The van der Waals surface area contributed by atoms with Gasteiger partial charge in [0.2, 0.25) is 11.8 Å². The number of nitrogens with one attached hydrogen (secondary N) is 2. The molecular formula is C27H26BrClFN5O4. The van der Waals surface area contributed by atoms with Crippen LogP contribution in [0.2, 0.25) is 5.02 Å². The summed E-state index contributed by atoms with van der Waals surface area (Å²) >= 11 is 9.27. The molecule has 2 saturated heterocycles. The van der Waals surface area contributed by atoms with Crippen molar-refractivity contribution in [1.82, 2.24) is 14.9 Å². The Morgan fingerprint density at radius 1 is 1.26 bits per heavy atom. The number of benzene rings is 2. The zero-order valence-electron chi connectivity index (χ0n) is 20.9. The van der Waals surface area contributed by atoms with Crippen LogP contribution in [0.25, 0.3) is 10.9 Å². The number of carbonyl (C=O) groups is 2. The van der Waals surface area contributed by atoms with Gasteiger partial charge in [0.05, 0.1) is 28.0 Å². The summed E-state index contributed by atoms with van der Waals surface area (Å²) in [5, 5.41) is 6.36. The van der Waals surface area contributed by atoms with Crippen molar-refractivity contribution in [2.45, 2.75) is 37.8 Å². The van der Waals surface area contributed by atoms with Gasteiger partial charge in [0.1, 0.15) is 30.5 Å². The van der Waals surface area contributed by atoms with Crippen molar-refractivity contribution in [3.63, 3.8) is 0 Å². The number of fused-ring (bicyclic) bond motifs is 1. The lowest BCUT2D eigenvalue weighted by atomic mass is 10.1. The molecule has 3 heterocycles. The van der Waals surface area contributed by atoms with Gasteiger partial charge in [0.15, 0.2) is 5.82 Å². The molecule has 0 bridgehead atoms. The summed E-state index contributed by atoms with van der Waals surface area (Å²) in [6.45, 7) is 5.01. The van der Waals surface area contributed by atoms with Gasteiger partial charge < -0.3 is 25.0 Å². The van der Waals surface area contributed by atoms with Crippen LogP contribution in [0.4, 0.5) is 21.6 Å². The third-order valence-corrected chi connectivity index (χ3v) is 8.00. The number of hydrogen-bond acceptors (Lipinski definition) is 7. The highest BCUT2D eigenvalue weighted by molar-refractivity contribution is 9.10. The van der Waals surface area contributed by atoms with E-state index in [2.05, 4.69) is 43.1 Å². The van der Waals surface area contributed by atoms with Crippen LogP contribution >= 0.6 is 27.5 Å². The third kappa shape index (κ3) is 5.85. The highest BCUT2D eigenvalue weighted by Crippen LogP contribution is 2.36. The van der Waals surface area contributed by atoms with E-state index in [1.54, 1.807) is 18.2 Å². The molecule has 2 amide bonds. The number of aromatic nitrogens is 2. The lowest BCUT2D eigenvalue weighted by Gasteiger charge is -2.23. The largest absolute Gasteiger partial charge is 0.489 e. The molecule has 12 heteroatoms.